The van der Waals surface area contributed by atoms with Crippen LogP contribution in [-0.4, -0.2) is 32.5 Å². The number of fused-ring (bicyclic) bond motifs is 1. The van der Waals surface area contributed by atoms with Crippen LogP contribution in [-0.2, 0) is 7.05 Å². The average Bonchev–Trinajstić information content (AvgIpc) is 3.11. The molecule has 1 aliphatic carbocycles. The van der Waals surface area contributed by atoms with Crippen LogP contribution in [0.4, 0.5) is 11.5 Å². The molecule has 2 aromatic heterocycles. The van der Waals surface area contributed by atoms with E-state index in [0.717, 1.165) is 42.4 Å². The van der Waals surface area contributed by atoms with E-state index in [1.807, 2.05) is 30.3 Å². The number of amides is 1. The van der Waals surface area contributed by atoms with Gasteiger partial charge in [-0.05, 0) is 43.9 Å². The molecule has 8 nitrogen and oxygen atoms in total. The summed E-state index contributed by atoms with van der Waals surface area (Å²) in [5.74, 6) is 0.598. The van der Waals surface area contributed by atoms with E-state index in [4.69, 9.17) is 0 Å². The van der Waals surface area contributed by atoms with Crippen molar-refractivity contribution in [3.05, 3.63) is 64.5 Å². The van der Waals surface area contributed by atoms with Crippen LogP contribution in [0.2, 0.25) is 0 Å². The van der Waals surface area contributed by atoms with E-state index in [0.29, 0.717) is 11.7 Å². The number of benzene rings is 1. The Morgan fingerprint density at radius 1 is 1.13 bits per heavy atom. The molecule has 1 aromatic carbocycles. The molecule has 2 N–H and O–H groups in total. The summed E-state index contributed by atoms with van der Waals surface area (Å²) in [5, 5.41) is 18.5. The minimum atomic E-state index is -0.492. The number of carbonyl (C=O) groups is 1. The van der Waals surface area contributed by atoms with Crippen molar-refractivity contribution in [2.75, 3.05) is 5.32 Å². The first-order valence-electron chi connectivity index (χ1n) is 9.73. The number of pyridine rings is 1. The Hall–Kier alpha value is -3.13. The Balaban J connectivity index is 0.00000256. The van der Waals surface area contributed by atoms with Crippen molar-refractivity contribution in [2.45, 2.75) is 37.8 Å². The molecule has 9 heteroatoms. The van der Waals surface area contributed by atoms with Gasteiger partial charge in [-0.2, -0.15) is 0 Å². The highest BCUT2D eigenvalue weighted by Gasteiger charge is 2.25. The number of aryl methyl sites for hydroxylation is 1. The molecule has 0 bridgehead atoms. The summed E-state index contributed by atoms with van der Waals surface area (Å²) in [5.41, 5.74) is 1.20. The highest BCUT2D eigenvalue weighted by atomic mass is 35.5. The SMILES string of the molecule is Cl.Cn1cc([N+](=O)[O-])cc1C(=O)NC1CCC(Nc2ccc3ccccc3n2)CC1. The van der Waals surface area contributed by atoms with E-state index < -0.39 is 4.92 Å². The van der Waals surface area contributed by atoms with Gasteiger partial charge < -0.3 is 15.2 Å². The molecule has 4 rings (SSSR count). The summed E-state index contributed by atoms with van der Waals surface area (Å²) in [6.07, 6.45) is 4.90. The van der Waals surface area contributed by atoms with E-state index in [1.165, 1.54) is 16.8 Å². The second-order valence-electron chi connectivity index (χ2n) is 7.51. The summed E-state index contributed by atoms with van der Waals surface area (Å²) < 4.78 is 1.49. The zero-order chi connectivity index (χ0) is 20.4. The Morgan fingerprint density at radius 3 is 2.53 bits per heavy atom. The van der Waals surface area contributed by atoms with E-state index in [9.17, 15) is 14.9 Å². The van der Waals surface area contributed by atoms with Gasteiger partial charge in [0.05, 0.1) is 16.6 Å². The van der Waals surface area contributed by atoms with Gasteiger partial charge in [0.25, 0.3) is 11.6 Å². The van der Waals surface area contributed by atoms with Gasteiger partial charge in [0.1, 0.15) is 11.5 Å². The Labute approximate surface area is 180 Å². The van der Waals surface area contributed by atoms with E-state index in [-0.39, 0.29) is 30.0 Å². The zero-order valence-electron chi connectivity index (χ0n) is 16.6. The number of hydrogen-bond donors (Lipinski definition) is 2. The number of halogens is 1. The number of rotatable bonds is 5. The van der Waals surface area contributed by atoms with E-state index >= 15 is 0 Å². The number of nitro groups is 1. The molecule has 2 heterocycles. The predicted octanol–water partition coefficient (Wildman–Crippen LogP) is 4.06. The van der Waals surface area contributed by atoms with Crippen molar-refractivity contribution in [1.29, 1.82) is 0 Å². The van der Waals surface area contributed by atoms with Gasteiger partial charge in [-0.1, -0.05) is 18.2 Å². The fourth-order valence-corrected chi connectivity index (χ4v) is 3.87. The first-order chi connectivity index (χ1) is 14.0. The molecule has 1 fully saturated rings. The van der Waals surface area contributed by atoms with Gasteiger partial charge in [0, 0.05) is 30.6 Å². The summed E-state index contributed by atoms with van der Waals surface area (Å²) in [6, 6.07) is 13.8. The second-order valence-corrected chi connectivity index (χ2v) is 7.51. The van der Waals surface area contributed by atoms with Crippen molar-refractivity contribution in [1.82, 2.24) is 14.9 Å². The Kier molecular flexibility index (Phi) is 6.56. The lowest BCUT2D eigenvalue weighted by Crippen LogP contribution is -2.40. The molecular formula is C21H24ClN5O3. The molecule has 1 amide bonds. The highest BCUT2D eigenvalue weighted by molar-refractivity contribution is 5.93. The first kappa shape index (κ1) is 21.6. The van der Waals surface area contributed by atoms with Crippen molar-refractivity contribution in [3.8, 4) is 0 Å². The van der Waals surface area contributed by atoms with Gasteiger partial charge in [0.15, 0.2) is 0 Å². The van der Waals surface area contributed by atoms with Crippen LogP contribution in [0.25, 0.3) is 10.9 Å². The third-order valence-corrected chi connectivity index (χ3v) is 5.45. The fraction of sp³-hybridized carbons (Fsp3) is 0.333. The molecule has 30 heavy (non-hydrogen) atoms. The van der Waals surface area contributed by atoms with Gasteiger partial charge in [0.2, 0.25) is 0 Å². The van der Waals surface area contributed by atoms with Crippen LogP contribution in [0.3, 0.4) is 0 Å². The molecule has 3 aromatic rings. The summed E-state index contributed by atoms with van der Waals surface area (Å²) >= 11 is 0. The molecule has 0 aliphatic heterocycles. The maximum absolute atomic E-state index is 12.5. The van der Waals surface area contributed by atoms with Gasteiger partial charge in [-0.25, -0.2) is 4.98 Å². The predicted molar refractivity (Wildman–Crippen MR) is 118 cm³/mol. The number of hydrogen-bond acceptors (Lipinski definition) is 5. The van der Waals surface area contributed by atoms with Gasteiger partial charge >= 0.3 is 0 Å². The van der Waals surface area contributed by atoms with Crippen molar-refractivity contribution in [3.63, 3.8) is 0 Å². The summed E-state index contributed by atoms with van der Waals surface area (Å²) in [7, 11) is 1.64. The molecule has 158 valence electrons. The minimum absolute atomic E-state index is 0. The van der Waals surface area contributed by atoms with Crippen molar-refractivity contribution < 1.29 is 9.72 Å². The van der Waals surface area contributed by atoms with E-state index in [1.54, 1.807) is 7.05 Å². The van der Waals surface area contributed by atoms with Crippen LogP contribution >= 0.6 is 12.4 Å². The average molecular weight is 430 g/mol. The van der Waals surface area contributed by atoms with Gasteiger partial charge in [-0.3, -0.25) is 14.9 Å². The monoisotopic (exact) mass is 429 g/mol. The quantitative estimate of drug-likeness (QED) is 0.470. The Morgan fingerprint density at radius 2 is 1.83 bits per heavy atom. The minimum Gasteiger partial charge on any atom is -0.367 e. The molecule has 0 spiro atoms. The topological polar surface area (TPSA) is 102 Å². The largest absolute Gasteiger partial charge is 0.367 e. The van der Waals surface area contributed by atoms with Crippen LogP contribution < -0.4 is 10.6 Å². The highest BCUT2D eigenvalue weighted by Crippen LogP contribution is 2.24. The number of aromatic nitrogens is 2. The number of nitrogens with zero attached hydrogens (tertiary/aromatic N) is 3. The molecule has 0 unspecified atom stereocenters. The lowest BCUT2D eigenvalue weighted by molar-refractivity contribution is -0.384. The zero-order valence-corrected chi connectivity index (χ0v) is 17.4. The molecule has 1 saturated carbocycles. The summed E-state index contributed by atoms with van der Waals surface area (Å²) in [4.78, 5) is 27.5. The van der Waals surface area contributed by atoms with Crippen molar-refractivity contribution in [2.24, 2.45) is 7.05 Å². The number of para-hydroxylation sites is 1. The molecule has 1 aliphatic rings. The smallest absolute Gasteiger partial charge is 0.287 e. The van der Waals surface area contributed by atoms with Crippen LogP contribution in [0.1, 0.15) is 36.2 Å². The van der Waals surface area contributed by atoms with Crippen LogP contribution in [0, 0.1) is 10.1 Å². The lowest BCUT2D eigenvalue weighted by Gasteiger charge is -2.30. The number of carbonyl (C=O) groups excluding carboxylic acids is 1. The lowest BCUT2D eigenvalue weighted by atomic mass is 9.91. The maximum atomic E-state index is 12.5. The standard InChI is InChI=1S/C21H23N5O3.ClH/c1-25-13-17(26(28)29)12-19(25)21(27)23-16-9-7-15(8-10-16)22-20-11-6-14-4-2-3-5-18(14)24-20;/h2-6,11-13,15-16H,7-10H2,1H3,(H,22,24)(H,23,27);1H. The maximum Gasteiger partial charge on any atom is 0.287 e. The van der Waals surface area contributed by atoms with Crippen LogP contribution in [0.15, 0.2) is 48.7 Å². The van der Waals surface area contributed by atoms with E-state index in [2.05, 4.69) is 21.7 Å². The normalized spacial score (nSPS) is 18.4. The fourth-order valence-electron chi connectivity index (χ4n) is 3.87. The first-order valence-corrected chi connectivity index (χ1v) is 9.73. The summed E-state index contributed by atoms with van der Waals surface area (Å²) in [6.45, 7) is 0. The number of anilines is 1. The molecule has 0 radical (unpaired) electrons. The molecule has 0 saturated heterocycles. The number of nitrogens with one attached hydrogen (secondary N) is 2. The van der Waals surface area contributed by atoms with Crippen molar-refractivity contribution >= 4 is 40.7 Å². The third-order valence-electron chi connectivity index (χ3n) is 5.45. The third kappa shape index (κ3) is 4.71. The van der Waals surface area contributed by atoms with Gasteiger partial charge in [-0.15, -0.1) is 12.4 Å². The second kappa shape index (κ2) is 9.13. The van der Waals surface area contributed by atoms with Crippen LogP contribution in [0.5, 0.6) is 0 Å². The molecule has 0 atom stereocenters. The molecular weight excluding hydrogens is 406 g/mol. The Bertz CT molecular complexity index is 1060.